The van der Waals surface area contributed by atoms with Crippen LogP contribution in [-0.4, -0.2) is 35.1 Å². The highest BCUT2D eigenvalue weighted by Crippen LogP contribution is 2.05. The first-order chi connectivity index (χ1) is 10.4. The van der Waals surface area contributed by atoms with Crippen molar-refractivity contribution in [2.45, 2.75) is 39.5 Å². The molecule has 22 heavy (non-hydrogen) atoms. The maximum atomic E-state index is 11.8. The van der Waals surface area contributed by atoms with E-state index in [2.05, 4.69) is 10.5 Å². The topological polar surface area (TPSA) is 97.2 Å². The van der Waals surface area contributed by atoms with Gasteiger partial charge in [0.05, 0.1) is 11.8 Å². The smallest absolute Gasteiger partial charge is 0.407 e. The summed E-state index contributed by atoms with van der Waals surface area (Å²) < 4.78 is 10.1. The third-order valence-electron chi connectivity index (χ3n) is 2.87. The predicted octanol–water partition coefficient (Wildman–Crippen LogP) is 2.08. The van der Waals surface area contributed by atoms with Crippen molar-refractivity contribution in [1.82, 2.24) is 5.32 Å². The Morgan fingerprint density at radius 3 is 2.45 bits per heavy atom. The van der Waals surface area contributed by atoms with Crippen LogP contribution in [0.5, 0.6) is 0 Å². The Morgan fingerprint density at radius 2 is 1.91 bits per heavy atom. The van der Waals surface area contributed by atoms with Crippen LogP contribution in [0, 0.1) is 0 Å². The van der Waals surface area contributed by atoms with Crippen LogP contribution in [0.15, 0.2) is 35.5 Å². The summed E-state index contributed by atoms with van der Waals surface area (Å²) in [5.74, 6) is -0.542. The minimum Gasteiger partial charge on any atom is -0.454 e. The quantitative estimate of drug-likeness (QED) is 0.363. The SMILES string of the molecule is CC(=O)OC(/C(C)=N/O)[C@H](C)NC(=O)OCc1ccccc1. The van der Waals surface area contributed by atoms with Crippen molar-refractivity contribution in [2.24, 2.45) is 5.16 Å². The fourth-order valence-electron chi connectivity index (χ4n) is 1.81. The molecular weight excluding hydrogens is 288 g/mol. The number of benzene rings is 1. The summed E-state index contributed by atoms with van der Waals surface area (Å²) in [5, 5.41) is 14.4. The Balaban J connectivity index is 2.55. The minimum atomic E-state index is -0.869. The van der Waals surface area contributed by atoms with Crippen LogP contribution in [0.4, 0.5) is 4.79 Å². The van der Waals surface area contributed by atoms with Crippen molar-refractivity contribution in [3.05, 3.63) is 35.9 Å². The van der Waals surface area contributed by atoms with E-state index in [-0.39, 0.29) is 12.3 Å². The van der Waals surface area contributed by atoms with Gasteiger partial charge in [-0.05, 0) is 19.4 Å². The molecule has 1 amide bonds. The van der Waals surface area contributed by atoms with Gasteiger partial charge in [0.2, 0.25) is 0 Å². The summed E-state index contributed by atoms with van der Waals surface area (Å²) in [4.78, 5) is 22.8. The van der Waals surface area contributed by atoms with Crippen molar-refractivity contribution < 1.29 is 24.3 Å². The molecule has 0 bridgehead atoms. The van der Waals surface area contributed by atoms with E-state index in [1.807, 2.05) is 30.3 Å². The van der Waals surface area contributed by atoms with Gasteiger partial charge in [0.15, 0.2) is 6.10 Å². The fourth-order valence-corrected chi connectivity index (χ4v) is 1.81. The number of hydrogen-bond acceptors (Lipinski definition) is 6. The Hall–Kier alpha value is -2.57. The van der Waals surface area contributed by atoms with Crippen LogP contribution in [0.25, 0.3) is 0 Å². The number of hydrogen-bond donors (Lipinski definition) is 2. The summed E-state index contributed by atoms with van der Waals surface area (Å²) in [5.41, 5.74) is 1.03. The number of carbonyl (C=O) groups is 2. The van der Waals surface area contributed by atoms with Gasteiger partial charge in [-0.2, -0.15) is 0 Å². The molecule has 0 radical (unpaired) electrons. The number of nitrogens with zero attached hydrogens (tertiary/aromatic N) is 1. The first-order valence-electron chi connectivity index (χ1n) is 6.77. The summed E-state index contributed by atoms with van der Waals surface area (Å²) in [7, 11) is 0. The molecule has 0 heterocycles. The highest BCUT2D eigenvalue weighted by atomic mass is 16.6. The molecule has 0 saturated carbocycles. The zero-order valence-electron chi connectivity index (χ0n) is 12.8. The molecule has 1 aromatic carbocycles. The van der Waals surface area contributed by atoms with Crippen molar-refractivity contribution in [2.75, 3.05) is 0 Å². The average Bonchev–Trinajstić information content (AvgIpc) is 2.50. The van der Waals surface area contributed by atoms with E-state index in [1.54, 1.807) is 6.92 Å². The Bertz CT molecular complexity index is 530. The van der Waals surface area contributed by atoms with Gasteiger partial charge in [-0.25, -0.2) is 4.79 Å². The molecule has 1 rings (SSSR count). The predicted molar refractivity (Wildman–Crippen MR) is 79.7 cm³/mol. The van der Waals surface area contributed by atoms with E-state index in [0.29, 0.717) is 0 Å². The fraction of sp³-hybridized carbons (Fsp3) is 0.400. The third-order valence-corrected chi connectivity index (χ3v) is 2.87. The molecule has 1 aromatic rings. The first kappa shape index (κ1) is 17.5. The summed E-state index contributed by atoms with van der Waals surface area (Å²) in [6, 6.07) is 8.62. The molecule has 7 heteroatoms. The second-order valence-corrected chi connectivity index (χ2v) is 4.77. The summed E-state index contributed by atoms with van der Waals surface area (Å²) in [6.45, 7) is 4.47. The lowest BCUT2D eigenvalue weighted by Gasteiger charge is -2.23. The van der Waals surface area contributed by atoms with Crippen molar-refractivity contribution in [3.63, 3.8) is 0 Å². The van der Waals surface area contributed by atoms with Gasteiger partial charge in [0, 0.05) is 6.92 Å². The van der Waals surface area contributed by atoms with Gasteiger partial charge in [0.1, 0.15) is 6.61 Å². The van der Waals surface area contributed by atoms with Crippen LogP contribution in [-0.2, 0) is 20.9 Å². The Kier molecular flexibility index (Phi) is 6.88. The summed E-state index contributed by atoms with van der Waals surface area (Å²) >= 11 is 0. The number of carbonyl (C=O) groups excluding carboxylic acids is 2. The van der Waals surface area contributed by atoms with Crippen LogP contribution >= 0.6 is 0 Å². The van der Waals surface area contributed by atoms with Crippen molar-refractivity contribution >= 4 is 17.8 Å². The van der Waals surface area contributed by atoms with Crippen LogP contribution in [0.2, 0.25) is 0 Å². The van der Waals surface area contributed by atoms with Gasteiger partial charge in [-0.1, -0.05) is 35.5 Å². The molecular formula is C15H20N2O5. The Morgan fingerprint density at radius 1 is 1.27 bits per heavy atom. The molecule has 120 valence electrons. The first-order valence-corrected chi connectivity index (χ1v) is 6.77. The Labute approximate surface area is 128 Å². The molecule has 1 unspecified atom stereocenters. The van der Waals surface area contributed by atoms with Crippen LogP contribution < -0.4 is 5.32 Å². The lowest BCUT2D eigenvalue weighted by molar-refractivity contribution is -0.144. The monoisotopic (exact) mass is 308 g/mol. The molecule has 0 aliphatic rings. The highest BCUT2D eigenvalue weighted by Gasteiger charge is 2.25. The largest absolute Gasteiger partial charge is 0.454 e. The standard InChI is InChI=1S/C15H20N2O5/c1-10(14(11(2)17-20)22-12(3)18)16-15(19)21-9-13-7-5-4-6-8-13/h4-8,10,14,20H,9H2,1-3H3,(H,16,19)/b17-11+/t10-,14?/m0/s1. The van der Waals surface area contributed by atoms with Crippen molar-refractivity contribution in [3.8, 4) is 0 Å². The van der Waals surface area contributed by atoms with E-state index in [9.17, 15) is 9.59 Å². The second kappa shape index (κ2) is 8.66. The zero-order chi connectivity index (χ0) is 16.5. The van der Waals surface area contributed by atoms with Gasteiger partial charge >= 0.3 is 12.1 Å². The normalized spacial score (nSPS) is 13.9. The lowest BCUT2D eigenvalue weighted by atomic mass is 10.1. The number of esters is 1. The van der Waals surface area contributed by atoms with Crippen LogP contribution in [0.3, 0.4) is 0 Å². The molecule has 0 fully saturated rings. The van der Waals surface area contributed by atoms with Gasteiger partial charge in [-0.15, -0.1) is 0 Å². The minimum absolute atomic E-state index is 0.130. The zero-order valence-corrected chi connectivity index (χ0v) is 12.8. The molecule has 2 N–H and O–H groups in total. The van der Waals surface area contributed by atoms with E-state index in [4.69, 9.17) is 14.7 Å². The van der Waals surface area contributed by atoms with E-state index in [1.165, 1.54) is 13.8 Å². The molecule has 7 nitrogen and oxygen atoms in total. The van der Waals surface area contributed by atoms with Gasteiger partial charge in [-0.3, -0.25) is 4.79 Å². The van der Waals surface area contributed by atoms with Crippen LogP contribution in [0.1, 0.15) is 26.3 Å². The summed E-state index contributed by atoms with van der Waals surface area (Å²) in [6.07, 6.45) is -1.52. The lowest BCUT2D eigenvalue weighted by Crippen LogP contribution is -2.46. The molecule has 0 spiro atoms. The van der Waals surface area contributed by atoms with E-state index in [0.717, 1.165) is 5.56 Å². The maximum Gasteiger partial charge on any atom is 0.407 e. The second-order valence-electron chi connectivity index (χ2n) is 4.77. The number of oxime groups is 1. The highest BCUT2D eigenvalue weighted by molar-refractivity contribution is 5.88. The third kappa shape index (κ3) is 5.82. The number of rotatable bonds is 6. The molecule has 2 atom stereocenters. The van der Waals surface area contributed by atoms with E-state index < -0.39 is 24.2 Å². The number of nitrogens with one attached hydrogen (secondary N) is 1. The van der Waals surface area contributed by atoms with Gasteiger partial charge < -0.3 is 20.0 Å². The maximum absolute atomic E-state index is 11.8. The van der Waals surface area contributed by atoms with Gasteiger partial charge in [0.25, 0.3) is 0 Å². The molecule has 0 aliphatic heterocycles. The van der Waals surface area contributed by atoms with Crippen molar-refractivity contribution in [1.29, 1.82) is 0 Å². The van der Waals surface area contributed by atoms with E-state index >= 15 is 0 Å². The number of amides is 1. The molecule has 0 aromatic heterocycles. The molecule has 0 aliphatic carbocycles. The molecule has 0 saturated heterocycles. The number of alkyl carbamates (subject to hydrolysis) is 1. The number of ether oxygens (including phenoxy) is 2. The average molecular weight is 308 g/mol.